The molecule has 24 nitrogen and oxygen atoms in total. The van der Waals surface area contributed by atoms with Gasteiger partial charge in [0, 0.05) is 30.7 Å². The van der Waals surface area contributed by atoms with Crippen molar-refractivity contribution in [2.45, 2.75) is 199 Å². The Hall–Kier alpha value is -2.70. The molecular formula is C47H84N7O17P3S. The summed E-state index contributed by atoms with van der Waals surface area (Å²) in [5.41, 5.74) is 4.29. The van der Waals surface area contributed by atoms with Gasteiger partial charge in [-0.25, -0.2) is 28.6 Å². The average molecular weight is 1140 g/mol. The number of aliphatic hydroxyl groups excluding tert-OH is 2. The minimum atomic E-state index is -5.58. The van der Waals surface area contributed by atoms with Gasteiger partial charge in [0.15, 0.2) is 17.7 Å². The van der Waals surface area contributed by atoms with Crippen LogP contribution in [0.2, 0.25) is 0 Å². The van der Waals surface area contributed by atoms with Crippen molar-refractivity contribution in [3.63, 3.8) is 0 Å². The number of phosphoric acid groups is 3. The lowest BCUT2D eigenvalue weighted by atomic mass is 9.87. The number of allylic oxidation sites excluding steroid dienone is 1. The van der Waals surface area contributed by atoms with Gasteiger partial charge in [-0.1, -0.05) is 167 Å². The van der Waals surface area contributed by atoms with Crippen LogP contribution in [0.25, 0.3) is 11.2 Å². The molecule has 0 aliphatic carbocycles. The zero-order valence-corrected chi connectivity index (χ0v) is 47.3. The number of nitrogens with one attached hydrogen (secondary N) is 2. The van der Waals surface area contributed by atoms with E-state index in [4.69, 9.17) is 19.5 Å². The topological polar surface area (TPSA) is 364 Å². The van der Waals surface area contributed by atoms with Gasteiger partial charge >= 0.3 is 23.5 Å². The summed E-state index contributed by atoms with van der Waals surface area (Å²) in [7, 11) is -16.4. The number of nitrogen functional groups attached to an aromatic ring is 1. The Morgan fingerprint density at radius 1 is 0.813 bits per heavy atom. The maximum atomic E-state index is 12.8. The Morgan fingerprint density at radius 3 is 1.92 bits per heavy atom. The number of fused-ring (bicyclic) bond motifs is 1. The standard InChI is InChI=1S/C47H84N7O17P3S/c1-4-5-6-7-8-9-10-11-12-13-14-15-16-17-18-19-20-21-22-23-24-25-26-27-38(56)75-31-30-49-37(55)28-29-50-45(59)42(58)47(2,3)33-68-74(65,66)71-73(63,64)67-32-36-41(70-72(60,61)62)40(57)46(69-36)54-35-53-39-43(48)51-34-52-44(39)54/h26-27,34-36,40-42,46,57-58H,4-25,28-33H2,1-3H3,(H,49,55)(H,50,59)(H,63,64)(H,65,66)(H2,48,51,52)(H2,60,61,62). The van der Waals surface area contributed by atoms with Crippen molar-refractivity contribution >= 4 is 69.1 Å². The molecule has 1 saturated heterocycles. The van der Waals surface area contributed by atoms with Gasteiger partial charge in [-0.2, -0.15) is 4.31 Å². The summed E-state index contributed by atoms with van der Waals surface area (Å²) in [6.07, 6.45) is 25.4. The maximum Gasteiger partial charge on any atom is 0.481 e. The molecule has 1 fully saturated rings. The summed E-state index contributed by atoms with van der Waals surface area (Å²) in [5.74, 6) is -1.09. The van der Waals surface area contributed by atoms with Crippen molar-refractivity contribution in [1.82, 2.24) is 30.2 Å². The number of aromatic nitrogens is 4. The van der Waals surface area contributed by atoms with Gasteiger partial charge in [0.2, 0.25) is 16.9 Å². The number of hydrogen-bond donors (Lipinski definition) is 9. The molecular weight excluding hydrogens is 1060 g/mol. The number of carbonyl (C=O) groups excluding carboxylic acids is 3. The van der Waals surface area contributed by atoms with Gasteiger partial charge in [0.25, 0.3) is 0 Å². The first kappa shape index (κ1) is 66.6. The van der Waals surface area contributed by atoms with Crippen molar-refractivity contribution in [2.75, 3.05) is 37.8 Å². The number of ether oxygens (including phenoxy) is 1. The number of nitrogens with two attached hydrogens (primary N) is 1. The van der Waals surface area contributed by atoms with Crippen molar-refractivity contribution in [1.29, 1.82) is 0 Å². The van der Waals surface area contributed by atoms with Crippen LogP contribution >= 0.6 is 35.2 Å². The Balaban J connectivity index is 1.21. The second kappa shape index (κ2) is 35.0. The zero-order valence-electron chi connectivity index (χ0n) is 43.8. The van der Waals surface area contributed by atoms with Gasteiger partial charge < -0.3 is 50.9 Å². The second-order valence-corrected chi connectivity index (χ2v) is 24.8. The first-order valence-corrected chi connectivity index (χ1v) is 31.8. The third-order valence-electron chi connectivity index (χ3n) is 12.5. The van der Waals surface area contributed by atoms with E-state index in [-0.39, 0.29) is 41.6 Å². The largest absolute Gasteiger partial charge is 0.481 e. The monoisotopic (exact) mass is 1140 g/mol. The fourth-order valence-corrected chi connectivity index (χ4v) is 11.6. The minimum absolute atomic E-state index is 0.0332. The highest BCUT2D eigenvalue weighted by Crippen LogP contribution is 2.61. The molecule has 0 aromatic carbocycles. The van der Waals surface area contributed by atoms with Crippen molar-refractivity contribution < 1.29 is 80.5 Å². The Labute approximate surface area is 445 Å². The fourth-order valence-electron chi connectivity index (χ4n) is 8.20. The minimum Gasteiger partial charge on any atom is -0.386 e. The number of carbonyl (C=O) groups is 3. The predicted octanol–water partition coefficient (Wildman–Crippen LogP) is 7.82. The van der Waals surface area contributed by atoms with E-state index >= 15 is 0 Å². The lowest BCUT2D eigenvalue weighted by molar-refractivity contribution is -0.137. The lowest BCUT2D eigenvalue weighted by Gasteiger charge is -2.30. The number of thioether (sulfide) groups is 1. The van der Waals surface area contributed by atoms with Crippen LogP contribution in [0.4, 0.5) is 5.82 Å². The molecule has 3 rings (SSSR count). The molecule has 0 radical (unpaired) electrons. The Morgan fingerprint density at radius 2 is 1.36 bits per heavy atom. The van der Waals surface area contributed by atoms with Crippen LogP contribution < -0.4 is 16.4 Å². The summed E-state index contributed by atoms with van der Waals surface area (Å²) in [4.78, 5) is 88.5. The summed E-state index contributed by atoms with van der Waals surface area (Å²) < 4.78 is 62.5. The van der Waals surface area contributed by atoms with Gasteiger partial charge in [-0.15, -0.1) is 0 Å². The average Bonchev–Trinajstić information content (AvgIpc) is 3.91. The molecule has 0 saturated carbocycles. The van der Waals surface area contributed by atoms with Crippen molar-refractivity contribution in [2.24, 2.45) is 5.41 Å². The molecule has 2 amide bonds. The number of aliphatic hydroxyl groups is 2. The molecule has 2 aromatic heterocycles. The van der Waals surface area contributed by atoms with E-state index in [1.165, 1.54) is 136 Å². The molecule has 7 atom stereocenters. The summed E-state index contributed by atoms with van der Waals surface area (Å²) >= 11 is 1.08. The lowest BCUT2D eigenvalue weighted by Crippen LogP contribution is -2.46. The normalized spacial score (nSPS) is 19.3. The maximum absolute atomic E-state index is 12.8. The highest BCUT2D eigenvalue weighted by atomic mass is 32.2. The molecule has 2 aromatic rings. The summed E-state index contributed by atoms with van der Waals surface area (Å²) in [6.45, 7) is 2.80. The van der Waals surface area contributed by atoms with Crippen LogP contribution in [0.1, 0.15) is 175 Å². The van der Waals surface area contributed by atoms with E-state index in [0.717, 1.165) is 48.2 Å². The first-order valence-electron chi connectivity index (χ1n) is 26.3. The van der Waals surface area contributed by atoms with E-state index < -0.39 is 84.6 Å². The third kappa shape index (κ3) is 27.2. The quantitative estimate of drug-likeness (QED) is 0.0174. The van der Waals surface area contributed by atoms with Gasteiger partial charge in [0.05, 0.1) is 19.5 Å². The van der Waals surface area contributed by atoms with E-state index in [0.29, 0.717) is 5.75 Å². The number of unbranched alkanes of at least 4 members (excludes halogenated alkanes) is 21. The first-order chi connectivity index (χ1) is 35.6. The molecule has 3 heterocycles. The van der Waals surface area contributed by atoms with Crippen LogP contribution in [0, 0.1) is 5.41 Å². The third-order valence-corrected chi connectivity index (χ3v) is 16.4. The predicted molar refractivity (Wildman–Crippen MR) is 283 cm³/mol. The van der Waals surface area contributed by atoms with Crippen molar-refractivity contribution in [3.8, 4) is 0 Å². The SMILES string of the molecule is CCCCCCCCCCCCCCCCCCCCCCCC=CC(=O)SCCNC(=O)CCNC(=O)C(O)C(C)(C)COP(=O)(O)OP(=O)(O)OCC1OC(n2cnc3c(N)ncnc32)C(O)C1OP(=O)(O)O. The van der Waals surface area contributed by atoms with Crippen LogP contribution in [0.5, 0.6) is 0 Å². The summed E-state index contributed by atoms with van der Waals surface area (Å²) in [6, 6.07) is 0. The number of phosphoric ester groups is 3. The van der Waals surface area contributed by atoms with E-state index in [1.54, 1.807) is 6.08 Å². The van der Waals surface area contributed by atoms with Crippen LogP contribution in [-0.4, -0.2) is 123 Å². The number of nitrogens with zero attached hydrogens (tertiary/aromatic N) is 4. The van der Waals surface area contributed by atoms with Crippen LogP contribution in [0.15, 0.2) is 24.8 Å². The number of anilines is 1. The van der Waals surface area contributed by atoms with Gasteiger partial charge in [0.1, 0.15) is 36.3 Å². The van der Waals surface area contributed by atoms with Crippen LogP contribution in [0.3, 0.4) is 0 Å². The van der Waals surface area contributed by atoms with Gasteiger partial charge in [-0.3, -0.25) is 32.5 Å². The second-order valence-electron chi connectivity index (χ2n) is 19.5. The highest BCUT2D eigenvalue weighted by molar-refractivity contribution is 8.14. The molecule has 1 aliphatic rings. The number of amides is 2. The van der Waals surface area contributed by atoms with Crippen molar-refractivity contribution in [3.05, 3.63) is 24.8 Å². The Bertz CT molecular complexity index is 2190. The Kier molecular flexibility index (Phi) is 31.1. The molecule has 430 valence electrons. The fraction of sp³-hybridized carbons (Fsp3) is 0.787. The molecule has 10 N–H and O–H groups in total. The molecule has 0 spiro atoms. The smallest absolute Gasteiger partial charge is 0.386 e. The molecule has 1 aliphatic heterocycles. The highest BCUT2D eigenvalue weighted by Gasteiger charge is 2.50. The van der Waals surface area contributed by atoms with Crippen LogP contribution in [-0.2, 0) is 50.7 Å². The van der Waals surface area contributed by atoms with E-state index in [9.17, 15) is 57.9 Å². The van der Waals surface area contributed by atoms with E-state index in [1.807, 2.05) is 6.08 Å². The molecule has 28 heteroatoms. The van der Waals surface area contributed by atoms with E-state index in [2.05, 4.69) is 41.3 Å². The zero-order chi connectivity index (χ0) is 55.3. The number of rotatable bonds is 42. The number of imidazole rings is 1. The summed E-state index contributed by atoms with van der Waals surface area (Å²) in [5, 5.41) is 26.5. The molecule has 0 bridgehead atoms. The molecule has 7 unspecified atom stereocenters. The number of hydrogen-bond acceptors (Lipinski definition) is 18. The molecule has 75 heavy (non-hydrogen) atoms. The van der Waals surface area contributed by atoms with Gasteiger partial charge in [-0.05, 0) is 18.9 Å².